The first-order chi connectivity index (χ1) is 8.16. The van der Waals surface area contributed by atoms with Crippen LogP contribution in [0.4, 0.5) is 0 Å². The average molecular weight is 259 g/mol. The van der Waals surface area contributed by atoms with Crippen LogP contribution in [0, 0.1) is 0 Å². The van der Waals surface area contributed by atoms with Crippen molar-refractivity contribution >= 4 is 9.84 Å². The minimum Gasteiger partial charge on any atom is -0.316 e. The quantitative estimate of drug-likeness (QED) is 0.845. The second kappa shape index (κ2) is 5.70. The van der Waals surface area contributed by atoms with Crippen LogP contribution < -0.4 is 5.32 Å². The summed E-state index contributed by atoms with van der Waals surface area (Å²) in [5.74, 6) is 0. The molecule has 2 unspecified atom stereocenters. The van der Waals surface area contributed by atoms with Crippen molar-refractivity contribution in [2.45, 2.75) is 74.3 Å². The van der Waals surface area contributed by atoms with Crippen LogP contribution in [0.1, 0.15) is 57.8 Å². The highest BCUT2D eigenvalue weighted by molar-refractivity contribution is 7.92. The van der Waals surface area contributed by atoms with Crippen molar-refractivity contribution in [3.63, 3.8) is 0 Å². The van der Waals surface area contributed by atoms with Crippen LogP contribution in [0.5, 0.6) is 0 Å². The molecule has 0 aromatic carbocycles. The van der Waals surface area contributed by atoms with Gasteiger partial charge in [0.25, 0.3) is 0 Å². The molecule has 0 aromatic rings. The lowest BCUT2D eigenvalue weighted by atomic mass is 9.95. The number of hydrogen-bond donors (Lipinski definition) is 1. The molecule has 4 heteroatoms. The van der Waals surface area contributed by atoms with Crippen molar-refractivity contribution in [3.05, 3.63) is 0 Å². The van der Waals surface area contributed by atoms with E-state index in [2.05, 4.69) is 5.32 Å². The second-order valence-electron chi connectivity index (χ2n) is 5.57. The average Bonchev–Trinajstić information content (AvgIpc) is 2.39. The third-order valence-electron chi connectivity index (χ3n) is 4.51. The predicted molar refractivity (Wildman–Crippen MR) is 70.9 cm³/mol. The number of sulfone groups is 1. The van der Waals surface area contributed by atoms with Gasteiger partial charge in [0.15, 0.2) is 9.84 Å². The van der Waals surface area contributed by atoms with Gasteiger partial charge in [0, 0.05) is 6.04 Å². The summed E-state index contributed by atoms with van der Waals surface area (Å²) in [6.45, 7) is 0. The van der Waals surface area contributed by atoms with E-state index in [0.29, 0.717) is 0 Å². The van der Waals surface area contributed by atoms with E-state index in [1.807, 2.05) is 7.05 Å². The monoisotopic (exact) mass is 259 g/mol. The standard InChI is InChI=1S/C13H25NO2S/c1-14-12-9-5-6-10-13(12)17(15,16)11-7-3-2-4-8-11/h11-14H,2-10H2,1H3. The molecule has 0 heterocycles. The van der Waals surface area contributed by atoms with Crippen molar-refractivity contribution in [1.82, 2.24) is 5.32 Å². The minimum atomic E-state index is -2.91. The van der Waals surface area contributed by atoms with Crippen LogP contribution >= 0.6 is 0 Å². The van der Waals surface area contributed by atoms with Gasteiger partial charge in [-0.2, -0.15) is 0 Å². The first-order valence-electron chi connectivity index (χ1n) is 7.06. The normalized spacial score (nSPS) is 32.5. The molecule has 2 atom stereocenters. The van der Waals surface area contributed by atoms with Gasteiger partial charge < -0.3 is 5.32 Å². The predicted octanol–water partition coefficient (Wildman–Crippen LogP) is 2.26. The van der Waals surface area contributed by atoms with Crippen molar-refractivity contribution < 1.29 is 8.42 Å². The summed E-state index contributed by atoms with van der Waals surface area (Å²) in [5.41, 5.74) is 0. The van der Waals surface area contributed by atoms with E-state index in [1.54, 1.807) is 0 Å². The van der Waals surface area contributed by atoms with Gasteiger partial charge in [-0.25, -0.2) is 8.42 Å². The fourth-order valence-corrected chi connectivity index (χ4v) is 6.17. The Labute approximate surface area is 105 Å². The molecule has 1 N–H and O–H groups in total. The Morgan fingerprint density at radius 2 is 1.47 bits per heavy atom. The maximum absolute atomic E-state index is 12.7. The van der Waals surface area contributed by atoms with Gasteiger partial charge in [-0.05, 0) is 32.7 Å². The molecular weight excluding hydrogens is 234 g/mol. The summed E-state index contributed by atoms with van der Waals surface area (Å²) in [4.78, 5) is 0. The first-order valence-corrected chi connectivity index (χ1v) is 8.67. The summed E-state index contributed by atoms with van der Waals surface area (Å²) >= 11 is 0. The molecule has 3 nitrogen and oxygen atoms in total. The summed E-state index contributed by atoms with van der Waals surface area (Å²) in [6, 6.07) is 0.190. The van der Waals surface area contributed by atoms with Crippen LogP contribution in [0.25, 0.3) is 0 Å². The lowest BCUT2D eigenvalue weighted by Gasteiger charge is -2.34. The number of rotatable bonds is 3. The molecule has 0 radical (unpaired) electrons. The van der Waals surface area contributed by atoms with E-state index in [4.69, 9.17) is 0 Å². The van der Waals surface area contributed by atoms with Crippen LogP contribution in [0.15, 0.2) is 0 Å². The molecule has 0 bridgehead atoms. The maximum Gasteiger partial charge on any atom is 0.157 e. The smallest absolute Gasteiger partial charge is 0.157 e. The van der Waals surface area contributed by atoms with E-state index in [-0.39, 0.29) is 16.5 Å². The fourth-order valence-electron chi connectivity index (χ4n) is 3.46. The molecule has 2 saturated carbocycles. The van der Waals surface area contributed by atoms with Crippen molar-refractivity contribution in [3.8, 4) is 0 Å². The molecule has 2 aliphatic rings. The zero-order chi connectivity index (χ0) is 12.3. The largest absolute Gasteiger partial charge is 0.316 e. The van der Waals surface area contributed by atoms with Crippen LogP contribution in [0.3, 0.4) is 0 Å². The molecule has 2 fully saturated rings. The van der Waals surface area contributed by atoms with E-state index < -0.39 is 9.84 Å². The molecule has 0 aliphatic heterocycles. The van der Waals surface area contributed by atoms with E-state index in [9.17, 15) is 8.42 Å². The molecule has 17 heavy (non-hydrogen) atoms. The number of nitrogens with one attached hydrogen (secondary N) is 1. The van der Waals surface area contributed by atoms with Gasteiger partial charge in [0.2, 0.25) is 0 Å². The van der Waals surface area contributed by atoms with E-state index >= 15 is 0 Å². The van der Waals surface area contributed by atoms with Crippen LogP contribution in [0.2, 0.25) is 0 Å². The Hall–Kier alpha value is -0.0900. The first kappa shape index (κ1) is 13.3. The molecule has 0 amide bonds. The molecule has 0 aromatic heterocycles. The highest BCUT2D eigenvalue weighted by Gasteiger charge is 2.39. The topological polar surface area (TPSA) is 46.2 Å². The molecule has 0 spiro atoms. The van der Waals surface area contributed by atoms with Crippen LogP contribution in [-0.2, 0) is 9.84 Å². The highest BCUT2D eigenvalue weighted by Crippen LogP contribution is 2.32. The zero-order valence-electron chi connectivity index (χ0n) is 10.8. The SMILES string of the molecule is CNC1CCCCC1S(=O)(=O)C1CCCCC1. The van der Waals surface area contributed by atoms with Gasteiger partial charge in [-0.1, -0.05) is 32.1 Å². The Bertz CT molecular complexity index is 333. The van der Waals surface area contributed by atoms with Crippen molar-refractivity contribution in [1.29, 1.82) is 0 Å². The Morgan fingerprint density at radius 1 is 0.882 bits per heavy atom. The molecule has 2 aliphatic carbocycles. The lowest BCUT2D eigenvalue weighted by Crippen LogP contribution is -2.48. The molecule has 100 valence electrons. The summed E-state index contributed by atoms with van der Waals surface area (Å²) < 4.78 is 25.3. The maximum atomic E-state index is 12.7. The Balaban J connectivity index is 2.11. The Morgan fingerprint density at radius 3 is 2.12 bits per heavy atom. The Kier molecular flexibility index (Phi) is 4.47. The van der Waals surface area contributed by atoms with E-state index in [0.717, 1.165) is 44.9 Å². The van der Waals surface area contributed by atoms with E-state index in [1.165, 1.54) is 12.8 Å². The molecule has 2 rings (SSSR count). The van der Waals surface area contributed by atoms with Gasteiger partial charge in [-0.3, -0.25) is 0 Å². The molecule has 0 saturated heterocycles. The van der Waals surface area contributed by atoms with Crippen molar-refractivity contribution in [2.75, 3.05) is 7.05 Å². The third-order valence-corrected chi connectivity index (χ3v) is 7.32. The second-order valence-corrected chi connectivity index (χ2v) is 8.02. The third kappa shape index (κ3) is 2.84. The minimum absolute atomic E-state index is 0.0461. The van der Waals surface area contributed by atoms with Crippen molar-refractivity contribution in [2.24, 2.45) is 0 Å². The fraction of sp³-hybridized carbons (Fsp3) is 1.00. The van der Waals surface area contributed by atoms with Gasteiger partial charge in [0.05, 0.1) is 10.5 Å². The summed E-state index contributed by atoms with van der Waals surface area (Å²) in [7, 11) is -1.01. The van der Waals surface area contributed by atoms with Gasteiger partial charge in [0.1, 0.15) is 0 Å². The summed E-state index contributed by atoms with van der Waals surface area (Å²) in [5, 5.41) is 3.05. The number of hydrogen-bond acceptors (Lipinski definition) is 3. The van der Waals surface area contributed by atoms with Gasteiger partial charge in [-0.15, -0.1) is 0 Å². The molecular formula is C13H25NO2S. The lowest BCUT2D eigenvalue weighted by molar-refractivity contribution is 0.381. The summed E-state index contributed by atoms with van der Waals surface area (Å²) in [6.07, 6.45) is 9.34. The highest BCUT2D eigenvalue weighted by atomic mass is 32.2. The van der Waals surface area contributed by atoms with Gasteiger partial charge >= 0.3 is 0 Å². The zero-order valence-corrected chi connectivity index (χ0v) is 11.6. The van der Waals surface area contributed by atoms with Crippen LogP contribution in [-0.4, -0.2) is 32.0 Å².